The van der Waals surface area contributed by atoms with Gasteiger partial charge in [-0.1, -0.05) is 23.4 Å². The SMILES string of the molecule is O=C(C1CC=CCC1)N1CC(c2nc(-c3ccccn3)no2)C1. The van der Waals surface area contributed by atoms with Crippen LogP contribution in [-0.2, 0) is 4.79 Å². The quantitative estimate of drug-likeness (QED) is 0.814. The lowest BCUT2D eigenvalue weighted by molar-refractivity contribution is -0.140. The van der Waals surface area contributed by atoms with Gasteiger partial charge in [-0.05, 0) is 31.4 Å². The first kappa shape index (κ1) is 14.1. The highest BCUT2D eigenvalue weighted by atomic mass is 16.5. The van der Waals surface area contributed by atoms with Crippen LogP contribution in [0.2, 0.25) is 0 Å². The number of carbonyl (C=O) groups is 1. The lowest BCUT2D eigenvalue weighted by Gasteiger charge is -2.39. The monoisotopic (exact) mass is 310 g/mol. The molecular formula is C17H18N4O2. The van der Waals surface area contributed by atoms with E-state index in [9.17, 15) is 4.79 Å². The summed E-state index contributed by atoms with van der Waals surface area (Å²) in [5, 5.41) is 3.99. The van der Waals surface area contributed by atoms with Crippen LogP contribution in [-0.4, -0.2) is 39.0 Å². The fraction of sp³-hybridized carbons (Fsp3) is 0.412. The number of pyridine rings is 1. The lowest BCUT2D eigenvalue weighted by atomic mass is 9.90. The standard InChI is InChI=1S/C17H18N4O2/c22-17(12-6-2-1-3-7-12)21-10-13(11-21)16-19-15(20-23-16)14-8-4-5-9-18-14/h1-2,4-5,8-9,12-13H,3,6-7,10-11H2. The molecule has 0 N–H and O–H groups in total. The van der Waals surface area contributed by atoms with Crippen LogP contribution in [0, 0.1) is 5.92 Å². The minimum absolute atomic E-state index is 0.142. The fourth-order valence-corrected chi connectivity index (χ4v) is 3.09. The Balaban J connectivity index is 1.38. The second-order valence-electron chi connectivity index (χ2n) is 6.09. The summed E-state index contributed by atoms with van der Waals surface area (Å²) >= 11 is 0. The molecule has 1 saturated heterocycles. The van der Waals surface area contributed by atoms with Crippen molar-refractivity contribution >= 4 is 5.91 Å². The zero-order chi connectivity index (χ0) is 15.6. The predicted molar refractivity (Wildman–Crippen MR) is 83.3 cm³/mol. The fourth-order valence-electron chi connectivity index (χ4n) is 3.09. The van der Waals surface area contributed by atoms with E-state index in [1.165, 1.54) is 0 Å². The van der Waals surface area contributed by atoms with Gasteiger partial charge >= 0.3 is 0 Å². The number of aromatic nitrogens is 3. The number of nitrogens with zero attached hydrogens (tertiary/aromatic N) is 4. The number of rotatable bonds is 3. The van der Waals surface area contributed by atoms with Crippen LogP contribution >= 0.6 is 0 Å². The Morgan fingerprint density at radius 2 is 2.17 bits per heavy atom. The van der Waals surface area contributed by atoms with Gasteiger partial charge in [-0.25, -0.2) is 0 Å². The van der Waals surface area contributed by atoms with Gasteiger partial charge in [0.1, 0.15) is 5.69 Å². The Bertz CT molecular complexity index is 719. The van der Waals surface area contributed by atoms with Gasteiger partial charge < -0.3 is 9.42 Å². The maximum atomic E-state index is 12.4. The third-order valence-electron chi connectivity index (χ3n) is 4.50. The number of allylic oxidation sites excluding steroid dienone is 2. The van der Waals surface area contributed by atoms with Crippen LogP contribution in [0.3, 0.4) is 0 Å². The molecule has 2 aromatic rings. The summed E-state index contributed by atoms with van der Waals surface area (Å²) < 4.78 is 5.35. The molecule has 6 heteroatoms. The van der Waals surface area contributed by atoms with E-state index in [-0.39, 0.29) is 17.7 Å². The van der Waals surface area contributed by atoms with E-state index in [0.717, 1.165) is 19.3 Å². The first-order chi connectivity index (χ1) is 11.3. The van der Waals surface area contributed by atoms with E-state index >= 15 is 0 Å². The van der Waals surface area contributed by atoms with Crippen LogP contribution in [0.1, 0.15) is 31.1 Å². The molecule has 1 fully saturated rings. The molecule has 23 heavy (non-hydrogen) atoms. The molecule has 0 spiro atoms. The molecule has 4 rings (SSSR count). The molecule has 0 aromatic carbocycles. The third kappa shape index (κ3) is 2.76. The van der Waals surface area contributed by atoms with Gasteiger partial charge in [-0.15, -0.1) is 0 Å². The first-order valence-corrected chi connectivity index (χ1v) is 8.00. The van der Waals surface area contributed by atoms with Crippen molar-refractivity contribution in [2.75, 3.05) is 13.1 Å². The number of carbonyl (C=O) groups excluding carboxylic acids is 1. The van der Waals surface area contributed by atoms with Crippen molar-refractivity contribution in [2.24, 2.45) is 5.92 Å². The summed E-state index contributed by atoms with van der Waals surface area (Å²) in [6.45, 7) is 1.34. The van der Waals surface area contributed by atoms with E-state index in [1.807, 2.05) is 23.1 Å². The molecule has 3 heterocycles. The van der Waals surface area contributed by atoms with Crippen LogP contribution in [0.15, 0.2) is 41.1 Å². The second-order valence-corrected chi connectivity index (χ2v) is 6.09. The maximum absolute atomic E-state index is 12.4. The molecular weight excluding hydrogens is 292 g/mol. The smallest absolute Gasteiger partial charge is 0.233 e. The van der Waals surface area contributed by atoms with Gasteiger partial charge in [-0.3, -0.25) is 9.78 Å². The zero-order valence-corrected chi connectivity index (χ0v) is 12.8. The highest BCUT2D eigenvalue weighted by Crippen LogP contribution is 2.30. The van der Waals surface area contributed by atoms with E-state index in [2.05, 4.69) is 27.3 Å². The molecule has 2 aromatic heterocycles. The maximum Gasteiger partial charge on any atom is 0.233 e. The van der Waals surface area contributed by atoms with Crippen LogP contribution in [0.5, 0.6) is 0 Å². The average Bonchev–Trinajstić information content (AvgIpc) is 3.05. The Morgan fingerprint density at radius 1 is 1.26 bits per heavy atom. The van der Waals surface area contributed by atoms with E-state index in [0.29, 0.717) is 30.5 Å². The molecule has 1 aliphatic heterocycles. The molecule has 118 valence electrons. The molecule has 2 aliphatic rings. The van der Waals surface area contributed by atoms with Gasteiger partial charge in [0.15, 0.2) is 0 Å². The van der Waals surface area contributed by atoms with E-state index in [4.69, 9.17) is 4.52 Å². The van der Waals surface area contributed by atoms with Crippen molar-refractivity contribution in [3.63, 3.8) is 0 Å². The van der Waals surface area contributed by atoms with Gasteiger partial charge in [0.2, 0.25) is 17.6 Å². The molecule has 0 radical (unpaired) electrons. The minimum atomic E-state index is 0.142. The molecule has 0 bridgehead atoms. The van der Waals surface area contributed by atoms with Crippen molar-refractivity contribution in [1.82, 2.24) is 20.0 Å². The first-order valence-electron chi connectivity index (χ1n) is 8.00. The van der Waals surface area contributed by atoms with Crippen LogP contribution < -0.4 is 0 Å². The molecule has 0 saturated carbocycles. The normalized spacial score (nSPS) is 21.2. The predicted octanol–water partition coefficient (Wildman–Crippen LogP) is 2.41. The minimum Gasteiger partial charge on any atom is -0.341 e. The van der Waals surface area contributed by atoms with Gasteiger partial charge in [0.25, 0.3) is 0 Å². The summed E-state index contributed by atoms with van der Waals surface area (Å²) in [5.41, 5.74) is 0.698. The highest BCUT2D eigenvalue weighted by molar-refractivity contribution is 5.80. The van der Waals surface area contributed by atoms with Gasteiger partial charge in [0, 0.05) is 25.2 Å². The zero-order valence-electron chi connectivity index (χ0n) is 12.8. The van der Waals surface area contributed by atoms with Gasteiger partial charge in [-0.2, -0.15) is 4.98 Å². The molecule has 1 aliphatic carbocycles. The summed E-state index contributed by atoms with van der Waals surface area (Å²) in [6.07, 6.45) is 8.80. The molecule has 1 unspecified atom stereocenters. The average molecular weight is 310 g/mol. The van der Waals surface area contributed by atoms with Crippen molar-refractivity contribution in [3.8, 4) is 11.5 Å². The largest absolute Gasteiger partial charge is 0.341 e. The molecule has 6 nitrogen and oxygen atoms in total. The highest BCUT2D eigenvalue weighted by Gasteiger charge is 2.38. The third-order valence-corrected chi connectivity index (χ3v) is 4.50. The Labute approximate surface area is 134 Å². The Hall–Kier alpha value is -2.50. The topological polar surface area (TPSA) is 72.1 Å². The van der Waals surface area contributed by atoms with Crippen LogP contribution in [0.25, 0.3) is 11.5 Å². The Kier molecular flexibility index (Phi) is 3.65. The van der Waals surface area contributed by atoms with Crippen molar-refractivity contribution in [1.29, 1.82) is 0 Å². The number of likely N-dealkylation sites (tertiary alicyclic amines) is 1. The summed E-state index contributed by atoms with van der Waals surface area (Å²) in [5.74, 6) is 1.65. The van der Waals surface area contributed by atoms with Crippen molar-refractivity contribution in [2.45, 2.75) is 25.2 Å². The number of hydrogen-bond donors (Lipinski definition) is 0. The van der Waals surface area contributed by atoms with E-state index in [1.54, 1.807) is 6.20 Å². The molecule has 1 amide bonds. The number of amides is 1. The summed E-state index contributed by atoms with van der Waals surface area (Å²) in [7, 11) is 0. The van der Waals surface area contributed by atoms with Crippen molar-refractivity contribution in [3.05, 3.63) is 42.4 Å². The van der Waals surface area contributed by atoms with Crippen LogP contribution in [0.4, 0.5) is 0 Å². The van der Waals surface area contributed by atoms with Gasteiger partial charge in [0.05, 0.1) is 5.92 Å². The van der Waals surface area contributed by atoms with Crippen molar-refractivity contribution < 1.29 is 9.32 Å². The summed E-state index contributed by atoms with van der Waals surface area (Å²) in [4.78, 5) is 22.9. The number of hydrogen-bond acceptors (Lipinski definition) is 5. The summed E-state index contributed by atoms with van der Waals surface area (Å²) in [6, 6.07) is 5.59. The second kappa shape index (κ2) is 5.95. The molecule has 1 atom stereocenters. The van der Waals surface area contributed by atoms with E-state index < -0.39 is 0 Å². The lowest BCUT2D eigenvalue weighted by Crippen LogP contribution is -2.50. The Morgan fingerprint density at radius 3 is 2.91 bits per heavy atom.